The molecule has 156 valence electrons. The topological polar surface area (TPSA) is 131 Å². The van der Waals surface area contributed by atoms with Crippen molar-refractivity contribution < 1.29 is 37.7 Å². The van der Waals surface area contributed by atoms with E-state index in [2.05, 4.69) is 4.98 Å². The van der Waals surface area contributed by atoms with E-state index in [-0.39, 0.29) is 17.6 Å². The van der Waals surface area contributed by atoms with E-state index in [1.54, 1.807) is 0 Å². The Bertz CT molecular complexity index is 1060. The molecule has 9 nitrogen and oxygen atoms in total. The number of hydrogen-bond acceptors (Lipinski definition) is 6. The summed E-state index contributed by atoms with van der Waals surface area (Å²) in [5.41, 5.74) is -3.94. The number of aromatic hydroxyl groups is 1. The highest BCUT2D eigenvalue weighted by Gasteiger charge is 2.39. The average molecular weight is 415 g/mol. The van der Waals surface area contributed by atoms with Crippen molar-refractivity contribution in [3.8, 4) is 5.75 Å². The fraction of sp³-hybridized carbons (Fsp3) is 0.412. The lowest BCUT2D eigenvalue weighted by molar-refractivity contribution is -0.142. The maximum absolute atomic E-state index is 13.6. The fourth-order valence-electron chi connectivity index (χ4n) is 3.19. The van der Waals surface area contributed by atoms with Gasteiger partial charge in [0.05, 0.1) is 11.5 Å². The van der Waals surface area contributed by atoms with Crippen molar-refractivity contribution in [1.82, 2.24) is 14.9 Å². The predicted molar refractivity (Wildman–Crippen MR) is 91.5 cm³/mol. The highest BCUT2D eigenvalue weighted by molar-refractivity contribution is 6.02. The molecule has 0 aromatic carbocycles. The molecule has 3 N–H and O–H groups in total. The minimum absolute atomic E-state index is 0.258. The predicted octanol–water partition coefficient (Wildman–Crippen LogP) is 1.32. The van der Waals surface area contributed by atoms with E-state index in [0.717, 1.165) is 13.1 Å². The van der Waals surface area contributed by atoms with Crippen LogP contribution in [-0.4, -0.2) is 44.8 Å². The standard InChI is InChI=1S/C17H16F3N3O6/c1-23-14-8(12(26)11(16(23)28)15(27)21-6-10(24)25)5-7(9-3-2-4-29-9)13(22-14)17(18,19)20/h5,9,26H,2-4,6H2,1H3,(H,21,27)(H,24,25). The number of rotatable bonds is 4. The number of hydrogen-bond donors (Lipinski definition) is 3. The van der Waals surface area contributed by atoms with Crippen molar-refractivity contribution in [1.29, 1.82) is 0 Å². The van der Waals surface area contributed by atoms with E-state index in [4.69, 9.17) is 9.84 Å². The molecule has 0 spiro atoms. The number of alkyl halides is 3. The van der Waals surface area contributed by atoms with Gasteiger partial charge in [0, 0.05) is 19.2 Å². The summed E-state index contributed by atoms with van der Waals surface area (Å²) in [6.07, 6.45) is -4.88. The van der Waals surface area contributed by atoms with E-state index >= 15 is 0 Å². The molecule has 0 bridgehead atoms. The molecule has 12 heteroatoms. The van der Waals surface area contributed by atoms with E-state index in [1.807, 2.05) is 5.32 Å². The van der Waals surface area contributed by atoms with Gasteiger partial charge in [0.25, 0.3) is 11.5 Å². The molecule has 1 atom stereocenters. The Kier molecular flexibility index (Phi) is 5.22. The Hall–Kier alpha value is -3.15. The normalized spacial score (nSPS) is 16.9. The van der Waals surface area contributed by atoms with Gasteiger partial charge in [-0.05, 0) is 18.9 Å². The monoisotopic (exact) mass is 415 g/mol. The summed E-state index contributed by atoms with van der Waals surface area (Å²) in [6, 6.07) is 1.00. The first-order valence-corrected chi connectivity index (χ1v) is 8.47. The third-order valence-electron chi connectivity index (χ3n) is 4.53. The van der Waals surface area contributed by atoms with Gasteiger partial charge in [-0.15, -0.1) is 0 Å². The molecule has 1 amide bonds. The number of carboxylic acid groups (broad SMARTS) is 1. The molecule has 0 radical (unpaired) electrons. The van der Waals surface area contributed by atoms with Crippen LogP contribution >= 0.6 is 0 Å². The first kappa shape index (κ1) is 20.6. The molecular weight excluding hydrogens is 399 g/mol. The summed E-state index contributed by atoms with van der Waals surface area (Å²) in [6.45, 7) is -0.548. The van der Waals surface area contributed by atoms with Gasteiger partial charge in [0.1, 0.15) is 23.5 Å². The zero-order valence-corrected chi connectivity index (χ0v) is 15.0. The molecule has 0 saturated carbocycles. The number of carboxylic acids is 1. The Morgan fingerprint density at radius 1 is 1.41 bits per heavy atom. The molecule has 1 unspecified atom stereocenters. The molecule has 3 heterocycles. The molecule has 1 saturated heterocycles. The molecule has 1 fully saturated rings. The number of carbonyl (C=O) groups is 2. The smallest absolute Gasteiger partial charge is 0.433 e. The van der Waals surface area contributed by atoms with Crippen molar-refractivity contribution in [2.45, 2.75) is 25.1 Å². The molecule has 1 aliphatic heterocycles. The number of nitrogens with zero attached hydrogens (tertiary/aromatic N) is 2. The zero-order chi connectivity index (χ0) is 21.5. The number of nitrogens with one attached hydrogen (secondary N) is 1. The van der Waals surface area contributed by atoms with Gasteiger partial charge in [-0.3, -0.25) is 19.0 Å². The molecule has 2 aromatic rings. The summed E-state index contributed by atoms with van der Waals surface area (Å²) >= 11 is 0. The minimum atomic E-state index is -4.83. The van der Waals surface area contributed by atoms with Gasteiger partial charge in [-0.25, -0.2) is 4.98 Å². The first-order valence-electron chi connectivity index (χ1n) is 8.47. The van der Waals surface area contributed by atoms with E-state index in [9.17, 15) is 32.7 Å². The van der Waals surface area contributed by atoms with Crippen LogP contribution in [0.5, 0.6) is 5.75 Å². The van der Waals surface area contributed by atoms with Crippen molar-refractivity contribution in [3.63, 3.8) is 0 Å². The summed E-state index contributed by atoms with van der Waals surface area (Å²) in [5.74, 6) is -3.44. The Balaban J connectivity index is 2.27. The molecule has 29 heavy (non-hydrogen) atoms. The molecule has 2 aromatic heterocycles. The van der Waals surface area contributed by atoms with Crippen LogP contribution < -0.4 is 10.9 Å². The maximum atomic E-state index is 13.6. The second kappa shape index (κ2) is 7.35. The van der Waals surface area contributed by atoms with Crippen LogP contribution in [-0.2, 0) is 22.8 Å². The number of ether oxygens (including phenoxy) is 1. The molecule has 0 aliphatic carbocycles. The van der Waals surface area contributed by atoms with Gasteiger partial charge in [-0.1, -0.05) is 0 Å². The zero-order valence-electron chi connectivity index (χ0n) is 15.0. The summed E-state index contributed by atoms with van der Waals surface area (Å²) in [4.78, 5) is 38.8. The van der Waals surface area contributed by atoms with Crippen LogP contribution in [0, 0.1) is 0 Å². The first-order chi connectivity index (χ1) is 13.5. The van der Waals surface area contributed by atoms with Crippen LogP contribution in [0.25, 0.3) is 11.0 Å². The van der Waals surface area contributed by atoms with E-state index in [0.29, 0.717) is 17.4 Å². The van der Waals surface area contributed by atoms with Crippen molar-refractivity contribution in [2.24, 2.45) is 7.05 Å². The van der Waals surface area contributed by atoms with Crippen molar-refractivity contribution >= 4 is 22.9 Å². The summed E-state index contributed by atoms with van der Waals surface area (Å²) < 4.78 is 46.7. The van der Waals surface area contributed by atoms with Gasteiger partial charge in [0.15, 0.2) is 5.69 Å². The fourth-order valence-corrected chi connectivity index (χ4v) is 3.19. The number of pyridine rings is 2. The quantitative estimate of drug-likeness (QED) is 0.687. The minimum Gasteiger partial charge on any atom is -0.506 e. The Labute approximate surface area is 160 Å². The summed E-state index contributed by atoms with van der Waals surface area (Å²) in [5, 5.41) is 20.8. The number of aryl methyl sites for hydroxylation is 1. The third-order valence-corrected chi connectivity index (χ3v) is 4.53. The average Bonchev–Trinajstić information content (AvgIpc) is 3.17. The van der Waals surface area contributed by atoms with Crippen molar-refractivity contribution in [3.05, 3.63) is 33.2 Å². The second-order valence-electron chi connectivity index (χ2n) is 6.46. The largest absolute Gasteiger partial charge is 0.506 e. The van der Waals surface area contributed by atoms with Crippen molar-refractivity contribution in [2.75, 3.05) is 13.2 Å². The lowest BCUT2D eigenvalue weighted by Crippen LogP contribution is -2.35. The number of aliphatic carboxylic acids is 1. The van der Waals surface area contributed by atoms with Crippen LogP contribution in [0.15, 0.2) is 10.9 Å². The number of aromatic nitrogens is 2. The number of fused-ring (bicyclic) bond motifs is 1. The van der Waals surface area contributed by atoms with Crippen LogP contribution in [0.2, 0.25) is 0 Å². The summed E-state index contributed by atoms with van der Waals surface area (Å²) in [7, 11) is 1.09. The highest BCUT2D eigenvalue weighted by Crippen LogP contribution is 2.40. The van der Waals surface area contributed by atoms with Crippen LogP contribution in [0.4, 0.5) is 13.2 Å². The Morgan fingerprint density at radius 3 is 2.66 bits per heavy atom. The van der Waals surface area contributed by atoms with Gasteiger partial charge in [-0.2, -0.15) is 13.2 Å². The lowest BCUT2D eigenvalue weighted by Gasteiger charge is -2.19. The number of carbonyl (C=O) groups excluding carboxylic acids is 1. The van der Waals surface area contributed by atoms with Gasteiger partial charge in [0.2, 0.25) is 0 Å². The molecule has 1 aliphatic rings. The van der Waals surface area contributed by atoms with E-state index < -0.39 is 58.9 Å². The number of halogens is 3. The van der Waals surface area contributed by atoms with Crippen LogP contribution in [0.1, 0.15) is 40.6 Å². The maximum Gasteiger partial charge on any atom is 0.433 e. The number of amides is 1. The van der Waals surface area contributed by atoms with Gasteiger partial charge >= 0.3 is 12.1 Å². The molecular formula is C17H16F3N3O6. The van der Waals surface area contributed by atoms with Gasteiger partial charge < -0.3 is 20.3 Å². The SMILES string of the molecule is Cn1c(=O)c(C(=O)NCC(=O)O)c(O)c2cc(C3CCCO3)c(C(F)(F)F)nc21. The molecule has 3 rings (SSSR count). The Morgan fingerprint density at radius 2 is 2.10 bits per heavy atom. The highest BCUT2D eigenvalue weighted by atomic mass is 19.4. The second-order valence-corrected chi connectivity index (χ2v) is 6.46. The van der Waals surface area contributed by atoms with Crippen LogP contribution in [0.3, 0.4) is 0 Å². The van der Waals surface area contributed by atoms with E-state index in [1.165, 1.54) is 0 Å². The lowest BCUT2D eigenvalue weighted by atomic mass is 10.0. The third kappa shape index (κ3) is 3.75.